The normalized spacial score (nSPS) is 26.7. The maximum atomic E-state index is 5.48. The Morgan fingerprint density at radius 2 is 2.06 bits per heavy atom. The van der Waals surface area contributed by atoms with Crippen LogP contribution in [0.3, 0.4) is 0 Å². The second-order valence-corrected chi connectivity index (χ2v) is 5.41. The fourth-order valence-corrected chi connectivity index (χ4v) is 3.60. The van der Waals surface area contributed by atoms with Crippen LogP contribution >= 0.6 is 0 Å². The number of anilines is 1. The fourth-order valence-electron chi connectivity index (χ4n) is 3.60. The molecule has 1 heterocycles. The molecule has 0 bridgehead atoms. The Hall–Kier alpha value is -1.18. The van der Waals surface area contributed by atoms with Gasteiger partial charge in [0.1, 0.15) is 5.75 Å². The predicted octanol–water partition coefficient (Wildman–Crippen LogP) is 3.70. The van der Waals surface area contributed by atoms with Gasteiger partial charge < -0.3 is 10.1 Å². The molecule has 1 aromatic rings. The highest BCUT2D eigenvalue weighted by Crippen LogP contribution is 2.48. The highest BCUT2D eigenvalue weighted by Gasteiger charge is 2.33. The molecule has 1 fully saturated rings. The summed E-state index contributed by atoms with van der Waals surface area (Å²) in [5, 5.41) is 3.60. The monoisotopic (exact) mass is 231 g/mol. The first-order chi connectivity index (χ1) is 8.31. The molecular weight excluding hydrogens is 210 g/mol. The van der Waals surface area contributed by atoms with Crippen LogP contribution in [0, 0.1) is 12.8 Å². The quantitative estimate of drug-likeness (QED) is 0.795. The summed E-state index contributed by atoms with van der Waals surface area (Å²) in [7, 11) is 1.76. The Balaban J connectivity index is 2.08. The van der Waals surface area contributed by atoms with Gasteiger partial charge in [-0.2, -0.15) is 0 Å². The van der Waals surface area contributed by atoms with Gasteiger partial charge in [-0.05, 0) is 48.8 Å². The topological polar surface area (TPSA) is 21.3 Å². The molecule has 2 aliphatic rings. The molecule has 1 aliphatic heterocycles. The van der Waals surface area contributed by atoms with E-state index in [2.05, 4.69) is 24.4 Å². The van der Waals surface area contributed by atoms with Crippen molar-refractivity contribution in [2.75, 3.05) is 19.0 Å². The summed E-state index contributed by atoms with van der Waals surface area (Å²) in [4.78, 5) is 0. The van der Waals surface area contributed by atoms with Gasteiger partial charge in [0, 0.05) is 6.54 Å². The molecule has 3 rings (SSSR count). The van der Waals surface area contributed by atoms with Gasteiger partial charge in [-0.3, -0.25) is 0 Å². The van der Waals surface area contributed by atoms with Gasteiger partial charge in [0.15, 0.2) is 0 Å². The standard InChI is InChI=1S/C15H21NO/c1-10-7-8-13(17-2)15-14(10)12-6-4-3-5-11(12)9-16-15/h7-8,11-12,16H,3-6,9H2,1-2H3. The Morgan fingerprint density at radius 3 is 2.88 bits per heavy atom. The summed E-state index contributed by atoms with van der Waals surface area (Å²) in [6.07, 6.45) is 5.53. The number of hydrogen-bond donors (Lipinski definition) is 1. The van der Waals surface area contributed by atoms with E-state index in [4.69, 9.17) is 4.74 Å². The van der Waals surface area contributed by atoms with Crippen LogP contribution in [0.15, 0.2) is 12.1 Å². The predicted molar refractivity (Wildman–Crippen MR) is 70.9 cm³/mol. The largest absolute Gasteiger partial charge is 0.495 e. The zero-order valence-electron chi connectivity index (χ0n) is 10.8. The van der Waals surface area contributed by atoms with Crippen molar-refractivity contribution in [1.82, 2.24) is 0 Å². The van der Waals surface area contributed by atoms with Crippen molar-refractivity contribution < 1.29 is 4.74 Å². The molecule has 1 aliphatic carbocycles. The van der Waals surface area contributed by atoms with Crippen molar-refractivity contribution in [2.24, 2.45) is 5.92 Å². The van der Waals surface area contributed by atoms with E-state index in [1.54, 1.807) is 7.11 Å². The minimum atomic E-state index is 0.759. The number of nitrogens with one attached hydrogen (secondary N) is 1. The summed E-state index contributed by atoms with van der Waals surface area (Å²) in [5.41, 5.74) is 4.21. The summed E-state index contributed by atoms with van der Waals surface area (Å²) >= 11 is 0. The number of methoxy groups -OCH3 is 1. The fraction of sp³-hybridized carbons (Fsp3) is 0.600. The van der Waals surface area contributed by atoms with Crippen molar-refractivity contribution in [3.63, 3.8) is 0 Å². The summed E-state index contributed by atoms with van der Waals surface area (Å²) in [6.45, 7) is 3.36. The molecule has 1 saturated carbocycles. The minimum Gasteiger partial charge on any atom is -0.495 e. The summed E-state index contributed by atoms with van der Waals surface area (Å²) < 4.78 is 5.48. The summed E-state index contributed by atoms with van der Waals surface area (Å²) in [5.74, 6) is 2.60. The number of fused-ring (bicyclic) bond motifs is 3. The molecule has 0 amide bonds. The molecule has 92 valence electrons. The molecule has 0 saturated heterocycles. The van der Waals surface area contributed by atoms with Crippen LogP contribution in [0.1, 0.15) is 42.7 Å². The molecule has 2 heteroatoms. The average Bonchev–Trinajstić information content (AvgIpc) is 2.39. The zero-order chi connectivity index (χ0) is 11.8. The molecule has 2 nitrogen and oxygen atoms in total. The van der Waals surface area contributed by atoms with Crippen LogP contribution in [0.5, 0.6) is 5.75 Å². The van der Waals surface area contributed by atoms with Gasteiger partial charge in [-0.1, -0.05) is 18.9 Å². The lowest BCUT2D eigenvalue weighted by atomic mass is 9.72. The van der Waals surface area contributed by atoms with Crippen molar-refractivity contribution in [2.45, 2.75) is 38.5 Å². The number of hydrogen-bond acceptors (Lipinski definition) is 2. The van der Waals surface area contributed by atoms with E-state index >= 15 is 0 Å². The Morgan fingerprint density at radius 1 is 1.24 bits per heavy atom. The van der Waals surface area contributed by atoms with Crippen molar-refractivity contribution in [3.05, 3.63) is 23.3 Å². The van der Waals surface area contributed by atoms with Crippen LogP contribution in [0.4, 0.5) is 5.69 Å². The van der Waals surface area contributed by atoms with Crippen molar-refractivity contribution >= 4 is 5.69 Å². The zero-order valence-corrected chi connectivity index (χ0v) is 10.8. The minimum absolute atomic E-state index is 0.759. The van der Waals surface area contributed by atoms with Crippen LogP contribution in [0.25, 0.3) is 0 Å². The van der Waals surface area contributed by atoms with E-state index in [-0.39, 0.29) is 0 Å². The van der Waals surface area contributed by atoms with Crippen LogP contribution in [0.2, 0.25) is 0 Å². The van der Waals surface area contributed by atoms with E-state index in [1.807, 2.05) is 0 Å². The van der Waals surface area contributed by atoms with Crippen LogP contribution < -0.4 is 10.1 Å². The smallest absolute Gasteiger partial charge is 0.142 e. The molecule has 0 radical (unpaired) electrons. The number of ether oxygens (including phenoxy) is 1. The van der Waals surface area contributed by atoms with Gasteiger partial charge in [0.2, 0.25) is 0 Å². The van der Waals surface area contributed by atoms with E-state index in [0.29, 0.717) is 0 Å². The van der Waals surface area contributed by atoms with E-state index in [9.17, 15) is 0 Å². The lowest BCUT2D eigenvalue weighted by Gasteiger charge is -2.39. The third kappa shape index (κ3) is 1.70. The first-order valence-electron chi connectivity index (χ1n) is 6.72. The SMILES string of the molecule is COc1ccc(C)c2c1NCC1CCCCC21. The molecule has 1 N–H and O–H groups in total. The van der Waals surface area contributed by atoms with E-state index in [0.717, 1.165) is 24.1 Å². The molecule has 1 aromatic carbocycles. The molecule has 0 spiro atoms. The Kier molecular flexibility index (Phi) is 2.73. The second-order valence-electron chi connectivity index (χ2n) is 5.41. The van der Waals surface area contributed by atoms with Crippen molar-refractivity contribution in [1.29, 1.82) is 0 Å². The molecule has 2 atom stereocenters. The highest BCUT2D eigenvalue weighted by molar-refractivity contribution is 5.67. The Labute approximate surface area is 103 Å². The number of benzene rings is 1. The lowest BCUT2D eigenvalue weighted by Crippen LogP contribution is -2.31. The van der Waals surface area contributed by atoms with Crippen LogP contribution in [-0.4, -0.2) is 13.7 Å². The lowest BCUT2D eigenvalue weighted by molar-refractivity contribution is 0.310. The molecule has 2 unspecified atom stereocenters. The van der Waals surface area contributed by atoms with Gasteiger partial charge in [-0.15, -0.1) is 0 Å². The van der Waals surface area contributed by atoms with Gasteiger partial charge >= 0.3 is 0 Å². The van der Waals surface area contributed by atoms with Crippen molar-refractivity contribution in [3.8, 4) is 5.75 Å². The van der Waals surface area contributed by atoms with Gasteiger partial charge in [0.05, 0.1) is 12.8 Å². The summed E-state index contributed by atoms with van der Waals surface area (Å²) in [6, 6.07) is 4.29. The van der Waals surface area contributed by atoms with Crippen LogP contribution in [-0.2, 0) is 0 Å². The maximum Gasteiger partial charge on any atom is 0.142 e. The molecule has 17 heavy (non-hydrogen) atoms. The first kappa shape index (κ1) is 10.9. The number of aryl methyl sites for hydroxylation is 1. The van der Waals surface area contributed by atoms with Gasteiger partial charge in [-0.25, -0.2) is 0 Å². The third-order valence-electron chi connectivity index (χ3n) is 4.47. The molecule has 0 aromatic heterocycles. The maximum absolute atomic E-state index is 5.48. The Bertz CT molecular complexity index is 427. The first-order valence-corrected chi connectivity index (χ1v) is 6.72. The average molecular weight is 231 g/mol. The second kappa shape index (κ2) is 4.25. The molecular formula is C15H21NO. The third-order valence-corrected chi connectivity index (χ3v) is 4.47. The van der Waals surface area contributed by atoms with Gasteiger partial charge in [0.25, 0.3) is 0 Å². The van der Waals surface area contributed by atoms with E-state index < -0.39 is 0 Å². The number of rotatable bonds is 1. The van der Waals surface area contributed by atoms with E-state index in [1.165, 1.54) is 42.5 Å². The highest BCUT2D eigenvalue weighted by atomic mass is 16.5.